The molecule has 3 atom stereocenters. The minimum absolute atomic E-state index is 0.210. The Morgan fingerprint density at radius 1 is 1.36 bits per heavy atom. The Morgan fingerprint density at radius 2 is 2.07 bits per heavy atom. The number of rotatable bonds is 1. The zero-order valence-electron chi connectivity index (χ0n) is 9.03. The first-order valence-corrected chi connectivity index (χ1v) is 6.59. The lowest BCUT2D eigenvalue weighted by Crippen LogP contribution is -2.52. The quantitative estimate of drug-likeness (QED) is 0.665. The van der Waals surface area contributed by atoms with E-state index in [1.54, 1.807) is 6.92 Å². The Morgan fingerprint density at radius 3 is 2.79 bits per heavy atom. The highest BCUT2D eigenvalue weighted by Crippen LogP contribution is 2.38. The van der Waals surface area contributed by atoms with Gasteiger partial charge < -0.3 is 0 Å². The van der Waals surface area contributed by atoms with Crippen LogP contribution in [0.4, 0.5) is 0 Å². The van der Waals surface area contributed by atoms with Crippen LogP contribution in [0, 0.1) is 5.92 Å². The van der Waals surface area contributed by atoms with Crippen molar-refractivity contribution in [3.05, 3.63) is 0 Å². The van der Waals surface area contributed by atoms with Gasteiger partial charge in [0, 0.05) is 0 Å². The molecule has 0 radical (unpaired) electrons. The van der Waals surface area contributed by atoms with Gasteiger partial charge in [-0.25, -0.2) is 0 Å². The highest BCUT2D eigenvalue weighted by molar-refractivity contribution is 7.99. The molecule has 0 amide bonds. The molecule has 0 aliphatic carbocycles. The molecule has 3 rings (SSSR count). The molecule has 0 spiro atoms. The monoisotopic (exact) mass is 213 g/mol. The van der Waals surface area contributed by atoms with Gasteiger partial charge in [-0.05, 0) is 38.5 Å². The van der Waals surface area contributed by atoms with Gasteiger partial charge in [-0.1, -0.05) is 12.8 Å². The Kier molecular flexibility index (Phi) is 3.17. The number of ketones is 1. The van der Waals surface area contributed by atoms with Crippen molar-refractivity contribution in [2.75, 3.05) is 12.8 Å². The van der Waals surface area contributed by atoms with Crippen LogP contribution in [0.15, 0.2) is 0 Å². The number of hydrogen-bond donors (Lipinski definition) is 0. The van der Waals surface area contributed by atoms with Crippen molar-refractivity contribution in [3.63, 3.8) is 0 Å². The Labute approximate surface area is 90.4 Å². The zero-order chi connectivity index (χ0) is 10.1. The SMILES string of the molecule is CC(=O)C1C2CCCCC(SC2)N1C. The molecule has 3 aliphatic rings. The van der Waals surface area contributed by atoms with E-state index in [9.17, 15) is 4.79 Å². The number of carbonyl (C=O) groups excluding carboxylic acids is 1. The van der Waals surface area contributed by atoms with Crippen LogP contribution in [0.2, 0.25) is 0 Å². The lowest BCUT2D eigenvalue weighted by atomic mass is 9.89. The van der Waals surface area contributed by atoms with Gasteiger partial charge in [0.15, 0.2) is 0 Å². The largest absolute Gasteiger partial charge is 0.298 e. The Hall–Kier alpha value is -0.0200. The van der Waals surface area contributed by atoms with Crippen molar-refractivity contribution in [2.24, 2.45) is 5.92 Å². The molecule has 0 aromatic carbocycles. The van der Waals surface area contributed by atoms with Crippen molar-refractivity contribution in [3.8, 4) is 0 Å². The first-order valence-electron chi connectivity index (χ1n) is 5.54. The summed E-state index contributed by atoms with van der Waals surface area (Å²) < 4.78 is 0. The summed E-state index contributed by atoms with van der Waals surface area (Å²) in [6, 6.07) is 0.210. The molecule has 2 nitrogen and oxygen atoms in total. The smallest absolute Gasteiger partial charge is 0.147 e. The summed E-state index contributed by atoms with van der Waals surface area (Å²) in [5, 5.41) is 0.598. The molecule has 3 aliphatic heterocycles. The number of likely N-dealkylation sites (N-methyl/N-ethyl adjacent to an activating group) is 1. The van der Waals surface area contributed by atoms with Gasteiger partial charge in [0.2, 0.25) is 0 Å². The van der Waals surface area contributed by atoms with Gasteiger partial charge in [-0.3, -0.25) is 9.69 Å². The summed E-state index contributed by atoms with van der Waals surface area (Å²) in [6.45, 7) is 1.75. The molecule has 14 heavy (non-hydrogen) atoms. The highest BCUT2D eigenvalue weighted by atomic mass is 32.2. The second-order valence-corrected chi connectivity index (χ2v) is 5.76. The van der Waals surface area contributed by atoms with Crippen molar-refractivity contribution in [1.82, 2.24) is 4.90 Å². The van der Waals surface area contributed by atoms with E-state index in [4.69, 9.17) is 0 Å². The van der Waals surface area contributed by atoms with Crippen LogP contribution in [-0.2, 0) is 4.79 Å². The van der Waals surface area contributed by atoms with Crippen molar-refractivity contribution in [1.29, 1.82) is 0 Å². The molecule has 3 fully saturated rings. The fraction of sp³-hybridized carbons (Fsp3) is 0.909. The van der Waals surface area contributed by atoms with Crippen LogP contribution in [0.1, 0.15) is 32.6 Å². The molecule has 80 valence electrons. The summed E-state index contributed by atoms with van der Waals surface area (Å²) in [5.41, 5.74) is 0. The van der Waals surface area contributed by atoms with Gasteiger partial charge in [0.1, 0.15) is 5.78 Å². The number of thioether (sulfide) groups is 1. The highest BCUT2D eigenvalue weighted by Gasteiger charge is 2.38. The second-order valence-electron chi connectivity index (χ2n) is 4.55. The van der Waals surface area contributed by atoms with E-state index in [1.807, 2.05) is 0 Å². The number of nitrogens with zero attached hydrogens (tertiary/aromatic N) is 1. The molecule has 0 N–H and O–H groups in total. The van der Waals surface area contributed by atoms with Gasteiger partial charge >= 0.3 is 0 Å². The van der Waals surface area contributed by atoms with Crippen LogP contribution in [0.25, 0.3) is 0 Å². The van der Waals surface area contributed by atoms with Gasteiger partial charge in [-0.2, -0.15) is 0 Å². The van der Waals surface area contributed by atoms with Crippen LogP contribution in [0.5, 0.6) is 0 Å². The van der Waals surface area contributed by atoms with E-state index in [1.165, 1.54) is 31.4 Å². The second kappa shape index (κ2) is 4.23. The molecule has 3 heteroatoms. The first kappa shape index (κ1) is 10.5. The first-order chi connectivity index (χ1) is 6.70. The molecule has 0 aromatic rings. The average molecular weight is 213 g/mol. The lowest BCUT2D eigenvalue weighted by molar-refractivity contribution is -0.124. The van der Waals surface area contributed by atoms with E-state index >= 15 is 0 Å². The minimum atomic E-state index is 0.210. The number of fused-ring (bicyclic) bond motifs is 5. The normalized spacial score (nSPS) is 39.1. The van der Waals surface area contributed by atoms with E-state index in [-0.39, 0.29) is 6.04 Å². The lowest BCUT2D eigenvalue weighted by Gasteiger charge is -2.44. The topological polar surface area (TPSA) is 20.3 Å². The van der Waals surface area contributed by atoms with Gasteiger partial charge in [0.25, 0.3) is 0 Å². The molecular formula is C11H19NOS. The van der Waals surface area contributed by atoms with Crippen molar-refractivity contribution >= 4 is 17.5 Å². The number of carbonyl (C=O) groups is 1. The Balaban J connectivity index is 2.18. The number of hydrogen-bond acceptors (Lipinski definition) is 3. The summed E-state index contributed by atoms with van der Waals surface area (Å²) in [4.78, 5) is 13.9. The number of Topliss-reactive ketones (excluding diaryl/α,β-unsaturated/α-hetero) is 1. The maximum absolute atomic E-state index is 11.6. The van der Waals surface area contributed by atoms with E-state index in [0.29, 0.717) is 17.1 Å². The van der Waals surface area contributed by atoms with Crippen LogP contribution in [0.3, 0.4) is 0 Å². The third-order valence-corrected chi connectivity index (χ3v) is 5.11. The van der Waals surface area contributed by atoms with Crippen LogP contribution >= 0.6 is 11.8 Å². The van der Waals surface area contributed by atoms with Crippen LogP contribution in [-0.4, -0.2) is 34.9 Å². The van der Waals surface area contributed by atoms with Crippen molar-refractivity contribution in [2.45, 2.75) is 44.0 Å². The fourth-order valence-electron chi connectivity index (χ4n) is 2.83. The predicted octanol–water partition coefficient (Wildman–Crippen LogP) is 2.14. The van der Waals surface area contributed by atoms with E-state index < -0.39 is 0 Å². The summed E-state index contributed by atoms with van der Waals surface area (Å²) in [7, 11) is 2.13. The summed E-state index contributed by atoms with van der Waals surface area (Å²) in [5.74, 6) is 2.17. The zero-order valence-corrected chi connectivity index (χ0v) is 9.85. The molecule has 3 saturated heterocycles. The third kappa shape index (κ3) is 1.84. The maximum atomic E-state index is 11.6. The predicted molar refractivity (Wildman–Crippen MR) is 60.4 cm³/mol. The van der Waals surface area contributed by atoms with E-state index in [2.05, 4.69) is 23.7 Å². The standard InChI is InChI=1S/C11H19NOS/c1-8(13)11-9-5-3-4-6-10(12(11)2)14-7-9/h9-11H,3-7H2,1-2H3. The van der Waals surface area contributed by atoms with Gasteiger partial charge in [0.05, 0.1) is 11.4 Å². The Bertz CT molecular complexity index is 225. The van der Waals surface area contributed by atoms with Crippen molar-refractivity contribution < 1.29 is 4.79 Å². The summed E-state index contributed by atoms with van der Waals surface area (Å²) >= 11 is 2.05. The summed E-state index contributed by atoms with van der Waals surface area (Å²) in [6.07, 6.45) is 5.16. The van der Waals surface area contributed by atoms with E-state index in [0.717, 1.165) is 0 Å². The molecule has 0 saturated carbocycles. The maximum Gasteiger partial charge on any atom is 0.147 e. The average Bonchev–Trinajstić information content (AvgIpc) is 2.06. The van der Waals surface area contributed by atoms with Gasteiger partial charge in [-0.15, -0.1) is 11.8 Å². The molecule has 3 unspecified atom stereocenters. The third-order valence-electron chi connectivity index (χ3n) is 3.53. The molecule has 0 aromatic heterocycles. The molecule has 3 heterocycles. The van der Waals surface area contributed by atoms with Crippen LogP contribution < -0.4 is 0 Å². The molecule has 2 bridgehead atoms. The minimum Gasteiger partial charge on any atom is -0.298 e. The fourth-order valence-corrected chi connectivity index (χ4v) is 4.35. The molecular weight excluding hydrogens is 194 g/mol.